The number of hydrogen-bond donors (Lipinski definition) is 0. The molecule has 0 spiro atoms. The van der Waals surface area contributed by atoms with Gasteiger partial charge in [0.15, 0.2) is 0 Å². The van der Waals surface area contributed by atoms with Crippen LogP contribution in [-0.4, -0.2) is 0 Å². The molecule has 352 valence electrons. The molecule has 16 rings (SSSR count). The highest BCUT2D eigenvalue weighted by Gasteiger charge is 2.16. The van der Waals surface area contributed by atoms with Crippen molar-refractivity contribution in [2.24, 2.45) is 0 Å². The minimum Gasteiger partial charge on any atom is -0.0654 e. The van der Waals surface area contributed by atoms with Crippen molar-refractivity contribution in [3.63, 3.8) is 0 Å². The fourth-order valence-electron chi connectivity index (χ4n) is 11.5. The Morgan fingerprint density at radius 2 is 0.539 bits per heavy atom. The van der Waals surface area contributed by atoms with E-state index in [1.165, 1.54) is 32.7 Å². The fraction of sp³-hybridized carbons (Fsp3) is 0.105. The highest BCUT2D eigenvalue weighted by atomic mass is 14.2. The Balaban J connectivity index is 1.06. The Morgan fingerprint density at radius 3 is 0.882 bits per heavy atom. The van der Waals surface area contributed by atoms with Gasteiger partial charge in [-0.05, 0) is 207 Å². The van der Waals surface area contributed by atoms with Gasteiger partial charge in [-0.1, -0.05) is 195 Å². The van der Waals surface area contributed by atoms with E-state index >= 15 is 0 Å². The molecule has 0 amide bonds. The largest absolute Gasteiger partial charge is 0.0654 e. The van der Waals surface area contributed by atoms with Crippen molar-refractivity contribution in [3.05, 3.63) is 238 Å². The molecule has 4 aliphatic rings. The maximum absolute atomic E-state index is 3.67. The molecule has 0 atom stereocenters. The fourth-order valence-corrected chi connectivity index (χ4v) is 11.5. The molecule has 0 aliphatic heterocycles. The van der Waals surface area contributed by atoms with Crippen LogP contribution in [0.4, 0.5) is 0 Å². The molecular weight excluding hydrogens is 913 g/mol. The second-order valence-corrected chi connectivity index (χ2v) is 19.8. The van der Waals surface area contributed by atoms with Gasteiger partial charge in [-0.3, -0.25) is 0 Å². The number of rotatable bonds is 6. The predicted octanol–water partition coefficient (Wildman–Crippen LogP) is 17.5. The molecule has 0 radical (unpaired) electrons. The maximum atomic E-state index is 3.67. The van der Waals surface area contributed by atoms with Gasteiger partial charge in [-0.25, -0.2) is 0 Å². The molecule has 76 heavy (non-hydrogen) atoms. The van der Waals surface area contributed by atoms with Gasteiger partial charge in [0.1, 0.15) is 0 Å². The van der Waals surface area contributed by atoms with Crippen molar-refractivity contribution in [2.45, 2.75) is 52.4 Å². The molecule has 0 saturated carbocycles. The zero-order valence-corrected chi connectivity index (χ0v) is 42.6. The summed E-state index contributed by atoms with van der Waals surface area (Å²) in [6, 6.07) is 65.1. The second-order valence-electron chi connectivity index (χ2n) is 19.8. The first kappa shape index (κ1) is 45.9. The van der Waals surface area contributed by atoms with Crippen molar-refractivity contribution in [1.82, 2.24) is 0 Å². The Labute approximate surface area is 444 Å². The molecule has 0 fully saturated rings. The van der Waals surface area contributed by atoms with Crippen molar-refractivity contribution in [2.75, 3.05) is 0 Å². The summed E-state index contributed by atoms with van der Waals surface area (Å²) in [5.74, 6) is 41.9. The van der Waals surface area contributed by atoms with Crippen LogP contribution in [0, 0.1) is 71.0 Å². The van der Waals surface area contributed by atoms with Gasteiger partial charge >= 0.3 is 0 Å². The van der Waals surface area contributed by atoms with Gasteiger partial charge in [-0.15, -0.1) is 0 Å². The first-order chi connectivity index (χ1) is 37.6. The van der Waals surface area contributed by atoms with E-state index in [1.54, 1.807) is 0 Å². The van der Waals surface area contributed by atoms with E-state index in [1.807, 2.05) is 0 Å². The summed E-state index contributed by atoms with van der Waals surface area (Å²) < 4.78 is 0. The van der Waals surface area contributed by atoms with Gasteiger partial charge < -0.3 is 0 Å². The minimum absolute atomic E-state index is 0.937. The van der Waals surface area contributed by atoms with Crippen LogP contribution >= 0.6 is 0 Å². The highest BCUT2D eigenvalue weighted by molar-refractivity contribution is 6.11. The molecule has 0 nitrogen and oxygen atoms in total. The first-order valence-electron chi connectivity index (χ1n) is 26.5. The zero-order valence-electron chi connectivity index (χ0n) is 42.6. The van der Waals surface area contributed by atoms with Gasteiger partial charge in [0.05, 0.1) is 0 Å². The topological polar surface area (TPSA) is 0 Å². The molecule has 0 N–H and O–H groups in total. The van der Waals surface area contributed by atoms with E-state index in [-0.39, 0.29) is 0 Å². The van der Waals surface area contributed by atoms with Crippen LogP contribution in [0.1, 0.15) is 95.2 Å². The Bertz CT molecular complexity index is 4500. The third-order valence-corrected chi connectivity index (χ3v) is 15.2. The van der Waals surface area contributed by atoms with Crippen LogP contribution in [0.5, 0.6) is 0 Å². The second kappa shape index (κ2) is 19.8. The normalized spacial score (nSPS) is 11.6. The zero-order chi connectivity index (χ0) is 51.0. The van der Waals surface area contributed by atoms with Crippen molar-refractivity contribution < 1.29 is 0 Å². The van der Waals surface area contributed by atoms with Crippen LogP contribution in [0.15, 0.2) is 182 Å². The summed E-state index contributed by atoms with van der Waals surface area (Å²) in [7, 11) is 0. The molecule has 0 unspecified atom stereocenters. The monoisotopic (exact) mass is 960 g/mol. The molecule has 12 aromatic rings. The third-order valence-electron chi connectivity index (χ3n) is 15.2. The molecule has 12 aromatic carbocycles. The smallest absolute Gasteiger partial charge is 0.0413 e. The van der Waals surface area contributed by atoms with Crippen LogP contribution < -0.4 is 0 Å². The molecule has 0 saturated heterocycles. The van der Waals surface area contributed by atoms with Crippen LogP contribution in [-0.2, 0) is 12.8 Å². The number of hydrogen-bond acceptors (Lipinski definition) is 0. The number of unbranched alkanes of at least 4 members (excludes halogenated alkanes) is 2. The van der Waals surface area contributed by atoms with Gasteiger partial charge in [-0.2, -0.15) is 0 Å². The standard InChI is InChI=1S/C76H48/c1-3-5-31-59-67-39-17-25-51-21-7-9-33-61-63-35-11-13-37-65(63)62(66-38-14-12-36-64(61)66)34-10-8-22-52-26-18-40-68-60(32-6-4-2)70-42-20-28-56(76(70)50-74(52)68)46-44-54-24-16-30-58-47-71-53(23-15-29-57(71)48-72(54)58)43-45-55-27-19-41-69(59)75(55)49-73(51)67/h11-20,23-30,35-42,47-50H,3-6,31-32H2,1-2H3. The van der Waals surface area contributed by atoms with E-state index in [0.717, 1.165) is 148 Å². The van der Waals surface area contributed by atoms with Gasteiger partial charge in [0, 0.05) is 44.5 Å². The molecule has 0 aromatic heterocycles. The van der Waals surface area contributed by atoms with Crippen molar-refractivity contribution in [3.8, 4) is 71.0 Å². The Hall–Kier alpha value is -9.92. The lowest BCUT2D eigenvalue weighted by Crippen LogP contribution is -1.94. The van der Waals surface area contributed by atoms with Crippen LogP contribution in [0.2, 0.25) is 0 Å². The van der Waals surface area contributed by atoms with Crippen LogP contribution in [0.25, 0.3) is 86.2 Å². The van der Waals surface area contributed by atoms with Gasteiger partial charge in [0.2, 0.25) is 0 Å². The lowest BCUT2D eigenvalue weighted by Gasteiger charge is -2.14. The SMILES string of the molecule is CCCCc1c2cccc3c2cc2c(cccc12)C#Cc1cccc2cc4c(cccc4cc12)C#Cc1cccc2c(CCCC)c4cccc(c4cc12)C#CC#Cc1c2ccccc2c(c2ccccc12)C#CC#C3. The van der Waals surface area contributed by atoms with Crippen LogP contribution in [0.3, 0.4) is 0 Å². The van der Waals surface area contributed by atoms with E-state index in [2.05, 4.69) is 267 Å². The Morgan fingerprint density at radius 1 is 0.250 bits per heavy atom. The maximum Gasteiger partial charge on any atom is 0.0413 e. The minimum atomic E-state index is 0.937. The summed E-state index contributed by atoms with van der Waals surface area (Å²) in [6.45, 7) is 4.52. The third kappa shape index (κ3) is 8.22. The molecule has 12 bridgehead atoms. The van der Waals surface area contributed by atoms with E-state index in [0.29, 0.717) is 0 Å². The summed E-state index contributed by atoms with van der Waals surface area (Å²) in [5.41, 5.74) is 10.4. The average molecular weight is 961 g/mol. The Kier molecular flexibility index (Phi) is 12.0. The highest BCUT2D eigenvalue weighted by Crippen LogP contribution is 2.37. The summed E-state index contributed by atoms with van der Waals surface area (Å²) in [4.78, 5) is 0. The summed E-state index contributed by atoms with van der Waals surface area (Å²) >= 11 is 0. The quantitative estimate of drug-likeness (QED) is 0.115. The average Bonchev–Trinajstić information content (AvgIpc) is 3.47. The number of aryl methyl sites for hydroxylation is 2. The predicted molar refractivity (Wildman–Crippen MR) is 323 cm³/mol. The van der Waals surface area contributed by atoms with E-state index in [9.17, 15) is 0 Å². The van der Waals surface area contributed by atoms with Gasteiger partial charge in [0.25, 0.3) is 0 Å². The summed E-state index contributed by atoms with van der Waals surface area (Å²) in [6.07, 6.45) is 6.31. The van der Waals surface area contributed by atoms with Crippen molar-refractivity contribution in [1.29, 1.82) is 0 Å². The molecule has 0 heterocycles. The molecule has 0 heteroatoms. The number of benzene rings is 12. The first-order valence-corrected chi connectivity index (χ1v) is 26.5. The molecule has 4 aliphatic carbocycles. The molecular formula is C76H48. The van der Waals surface area contributed by atoms with E-state index < -0.39 is 0 Å². The lowest BCUT2D eigenvalue weighted by molar-refractivity contribution is 0.802. The van der Waals surface area contributed by atoms with Crippen molar-refractivity contribution >= 4 is 86.2 Å². The van der Waals surface area contributed by atoms with E-state index in [4.69, 9.17) is 0 Å². The lowest BCUT2D eigenvalue weighted by atomic mass is 9.89. The summed E-state index contributed by atoms with van der Waals surface area (Å²) in [5, 5.41) is 18.1.